The summed E-state index contributed by atoms with van der Waals surface area (Å²) in [4.78, 5) is 13.6. The molecule has 0 saturated heterocycles. The summed E-state index contributed by atoms with van der Waals surface area (Å²) >= 11 is 1.32. The smallest absolute Gasteiger partial charge is 0.281 e. The minimum Gasteiger partial charge on any atom is -0.497 e. The maximum absolute atomic E-state index is 13.0. The van der Waals surface area contributed by atoms with Crippen molar-refractivity contribution in [3.8, 4) is 16.2 Å². The summed E-state index contributed by atoms with van der Waals surface area (Å²) in [7, 11) is 1.59. The van der Waals surface area contributed by atoms with Crippen molar-refractivity contribution in [3.05, 3.63) is 76.9 Å². The molecular weight excluding hydrogens is 339 g/mol. The molecular formula is C19H15FN2O2S. The average Bonchev–Trinajstić information content (AvgIpc) is 3.12. The van der Waals surface area contributed by atoms with Crippen molar-refractivity contribution in [2.45, 2.75) is 0 Å². The van der Waals surface area contributed by atoms with Gasteiger partial charge in [0, 0.05) is 4.88 Å². The van der Waals surface area contributed by atoms with Gasteiger partial charge < -0.3 is 4.74 Å². The highest BCUT2D eigenvalue weighted by Crippen LogP contribution is 2.28. The molecule has 3 aromatic rings. The first-order valence-electron chi connectivity index (χ1n) is 7.49. The van der Waals surface area contributed by atoms with Crippen LogP contribution in [-0.4, -0.2) is 19.2 Å². The zero-order valence-electron chi connectivity index (χ0n) is 13.4. The molecule has 25 heavy (non-hydrogen) atoms. The Kier molecular flexibility index (Phi) is 5.20. The van der Waals surface area contributed by atoms with E-state index in [2.05, 4.69) is 10.5 Å². The first-order chi connectivity index (χ1) is 12.2. The number of thiophene rings is 1. The highest BCUT2D eigenvalue weighted by atomic mass is 32.1. The van der Waals surface area contributed by atoms with Crippen LogP contribution < -0.4 is 10.2 Å². The number of hydrogen-bond donors (Lipinski definition) is 1. The van der Waals surface area contributed by atoms with E-state index >= 15 is 0 Å². The molecule has 0 radical (unpaired) electrons. The Hall–Kier alpha value is -2.99. The van der Waals surface area contributed by atoms with E-state index in [-0.39, 0.29) is 11.7 Å². The van der Waals surface area contributed by atoms with Gasteiger partial charge in [0.2, 0.25) is 0 Å². The van der Waals surface area contributed by atoms with Gasteiger partial charge in [-0.2, -0.15) is 5.10 Å². The molecule has 6 heteroatoms. The number of rotatable bonds is 5. The van der Waals surface area contributed by atoms with Crippen molar-refractivity contribution in [2.24, 2.45) is 5.10 Å². The number of nitrogens with zero attached hydrogens (tertiary/aromatic N) is 1. The van der Waals surface area contributed by atoms with Crippen molar-refractivity contribution in [1.82, 2.24) is 5.43 Å². The van der Waals surface area contributed by atoms with Crippen LogP contribution in [-0.2, 0) is 0 Å². The van der Waals surface area contributed by atoms with Crippen molar-refractivity contribution in [1.29, 1.82) is 0 Å². The Labute approximate surface area is 148 Å². The molecule has 2 aromatic carbocycles. The molecule has 1 aromatic heterocycles. The molecule has 0 spiro atoms. The van der Waals surface area contributed by atoms with Crippen molar-refractivity contribution >= 4 is 23.5 Å². The highest BCUT2D eigenvalue weighted by Gasteiger charge is 2.09. The molecule has 0 unspecified atom stereocenters. The van der Waals surface area contributed by atoms with Gasteiger partial charge in [0.25, 0.3) is 5.91 Å². The zero-order chi connectivity index (χ0) is 17.6. The number of amides is 1. The van der Waals surface area contributed by atoms with Crippen molar-refractivity contribution < 1.29 is 13.9 Å². The van der Waals surface area contributed by atoms with Crippen LogP contribution in [0.15, 0.2) is 65.8 Å². The lowest BCUT2D eigenvalue weighted by Gasteiger charge is -2.00. The fourth-order valence-corrected chi connectivity index (χ4v) is 3.07. The first kappa shape index (κ1) is 16.9. The lowest BCUT2D eigenvalue weighted by Crippen LogP contribution is -2.16. The van der Waals surface area contributed by atoms with Crippen LogP contribution in [0.4, 0.5) is 4.39 Å². The molecule has 0 aliphatic heterocycles. The summed E-state index contributed by atoms with van der Waals surface area (Å²) in [5.74, 6) is 0.139. The van der Waals surface area contributed by atoms with E-state index in [1.807, 2.05) is 30.3 Å². The monoisotopic (exact) mass is 354 g/mol. The number of hydrogen-bond acceptors (Lipinski definition) is 4. The van der Waals surface area contributed by atoms with Gasteiger partial charge in [0.05, 0.1) is 18.2 Å². The molecule has 1 heterocycles. The molecule has 0 saturated carbocycles. The first-order valence-corrected chi connectivity index (χ1v) is 8.30. The van der Waals surface area contributed by atoms with Crippen LogP contribution in [0.3, 0.4) is 0 Å². The predicted octanol–water partition coefficient (Wildman–Crippen LogP) is 4.33. The van der Waals surface area contributed by atoms with E-state index in [4.69, 9.17) is 4.74 Å². The fourth-order valence-electron chi connectivity index (χ4n) is 2.17. The van der Waals surface area contributed by atoms with Gasteiger partial charge in [-0.15, -0.1) is 11.3 Å². The van der Waals surface area contributed by atoms with Gasteiger partial charge in [-0.1, -0.05) is 24.3 Å². The van der Waals surface area contributed by atoms with Crippen LogP contribution in [0.5, 0.6) is 5.75 Å². The number of benzene rings is 2. The van der Waals surface area contributed by atoms with Crippen LogP contribution in [0, 0.1) is 5.82 Å². The number of halogens is 1. The SMILES string of the molecule is COc1cccc(/C=N\NC(=O)c2ccc(-c3ccc(F)cc3)s2)c1. The van der Waals surface area contributed by atoms with Gasteiger partial charge in [0.15, 0.2) is 0 Å². The minimum atomic E-state index is -0.294. The lowest BCUT2D eigenvalue weighted by molar-refractivity contribution is 0.0959. The number of methoxy groups -OCH3 is 1. The Bertz CT molecular complexity index is 904. The summed E-state index contributed by atoms with van der Waals surface area (Å²) in [5, 5.41) is 3.96. The molecule has 1 N–H and O–H groups in total. The highest BCUT2D eigenvalue weighted by molar-refractivity contribution is 7.17. The molecule has 0 fully saturated rings. The summed E-state index contributed by atoms with van der Waals surface area (Å²) in [6.07, 6.45) is 1.55. The maximum atomic E-state index is 13.0. The summed E-state index contributed by atoms with van der Waals surface area (Å²) < 4.78 is 18.1. The summed E-state index contributed by atoms with van der Waals surface area (Å²) in [5.41, 5.74) is 4.18. The quantitative estimate of drug-likeness (QED) is 0.548. The van der Waals surface area contributed by atoms with E-state index < -0.39 is 0 Å². The largest absolute Gasteiger partial charge is 0.497 e. The average molecular weight is 354 g/mol. The summed E-state index contributed by atoms with van der Waals surface area (Å²) in [6.45, 7) is 0. The van der Waals surface area contributed by atoms with Gasteiger partial charge in [-0.25, -0.2) is 9.82 Å². The number of ether oxygens (including phenoxy) is 1. The van der Waals surface area contributed by atoms with E-state index in [0.717, 1.165) is 21.8 Å². The second-order valence-corrected chi connectivity index (χ2v) is 6.23. The predicted molar refractivity (Wildman–Crippen MR) is 97.8 cm³/mol. The van der Waals surface area contributed by atoms with E-state index in [1.165, 1.54) is 23.5 Å². The zero-order valence-corrected chi connectivity index (χ0v) is 14.2. The fraction of sp³-hybridized carbons (Fsp3) is 0.0526. The van der Waals surface area contributed by atoms with Crippen molar-refractivity contribution in [3.63, 3.8) is 0 Å². The lowest BCUT2D eigenvalue weighted by atomic mass is 10.2. The molecule has 3 rings (SSSR count). The van der Waals surface area contributed by atoms with E-state index in [1.54, 1.807) is 31.5 Å². The third kappa shape index (κ3) is 4.30. The van der Waals surface area contributed by atoms with Crippen molar-refractivity contribution in [2.75, 3.05) is 7.11 Å². The van der Waals surface area contributed by atoms with Gasteiger partial charge in [-0.3, -0.25) is 4.79 Å². The summed E-state index contributed by atoms with van der Waals surface area (Å²) in [6, 6.07) is 17.1. The van der Waals surface area contributed by atoms with Gasteiger partial charge in [-0.05, 0) is 47.5 Å². The molecule has 4 nitrogen and oxygen atoms in total. The molecule has 0 atom stereocenters. The molecule has 0 aliphatic rings. The van der Waals surface area contributed by atoms with E-state index in [9.17, 15) is 9.18 Å². The number of nitrogens with one attached hydrogen (secondary N) is 1. The second-order valence-electron chi connectivity index (χ2n) is 5.15. The molecule has 126 valence electrons. The van der Waals surface area contributed by atoms with Gasteiger partial charge in [0.1, 0.15) is 11.6 Å². The van der Waals surface area contributed by atoms with Crippen LogP contribution in [0.1, 0.15) is 15.2 Å². The molecule has 0 aliphatic carbocycles. The number of carbonyl (C=O) groups is 1. The van der Waals surface area contributed by atoms with Gasteiger partial charge >= 0.3 is 0 Å². The molecule has 0 bridgehead atoms. The topological polar surface area (TPSA) is 50.7 Å². The number of carbonyl (C=O) groups excluding carboxylic acids is 1. The second kappa shape index (κ2) is 7.72. The van der Waals surface area contributed by atoms with E-state index in [0.29, 0.717) is 4.88 Å². The minimum absolute atomic E-state index is 0.287. The third-order valence-electron chi connectivity index (χ3n) is 3.43. The normalized spacial score (nSPS) is 10.8. The maximum Gasteiger partial charge on any atom is 0.281 e. The Morgan fingerprint density at radius 3 is 2.72 bits per heavy atom. The van der Waals surface area contributed by atoms with Crippen LogP contribution >= 0.6 is 11.3 Å². The number of hydrazone groups is 1. The van der Waals surface area contributed by atoms with Crippen LogP contribution in [0.25, 0.3) is 10.4 Å². The van der Waals surface area contributed by atoms with Crippen LogP contribution in [0.2, 0.25) is 0 Å². The Morgan fingerprint density at radius 2 is 1.96 bits per heavy atom. The Balaban J connectivity index is 1.65. The Morgan fingerprint density at radius 1 is 1.16 bits per heavy atom. The third-order valence-corrected chi connectivity index (χ3v) is 4.57. The molecule has 1 amide bonds. The standard InChI is InChI=1S/C19H15FN2O2S/c1-24-16-4-2-3-13(11-16)12-21-22-19(23)18-10-9-17(25-18)14-5-7-15(20)8-6-14/h2-12H,1H3,(H,22,23)/b21-12-.